The molecule has 0 aromatic heterocycles. The van der Waals surface area contributed by atoms with Crippen LogP contribution in [0, 0.1) is 0 Å². The molecule has 2 rings (SSSR count). The van der Waals surface area contributed by atoms with Gasteiger partial charge in [0.05, 0.1) is 0 Å². The average Bonchev–Trinajstić information content (AvgIpc) is 2.55. The number of ether oxygens (including phenoxy) is 1. The van der Waals surface area contributed by atoms with Crippen LogP contribution in [0.3, 0.4) is 0 Å². The third kappa shape index (κ3) is 4.62. The number of hydrogen-bond donors (Lipinski definition) is 2. The smallest absolute Gasteiger partial charge is 0.274 e. The van der Waals surface area contributed by atoms with Crippen molar-refractivity contribution in [1.82, 2.24) is 5.43 Å². The van der Waals surface area contributed by atoms with Crippen LogP contribution in [-0.4, -0.2) is 12.0 Å². The average molecular weight is 317 g/mol. The number of rotatable bonds is 5. The molecule has 0 aliphatic carbocycles. The van der Waals surface area contributed by atoms with E-state index in [-0.39, 0.29) is 5.91 Å². The maximum atomic E-state index is 11.3. The van der Waals surface area contributed by atoms with Crippen LogP contribution in [-0.2, 0) is 4.79 Å². The molecule has 114 valence electrons. The lowest BCUT2D eigenvalue weighted by atomic mass is 10.1. The summed E-state index contributed by atoms with van der Waals surface area (Å²) in [6, 6.07) is 15.0. The number of halogens is 1. The van der Waals surface area contributed by atoms with Gasteiger partial charge in [0.15, 0.2) is 6.10 Å². The van der Waals surface area contributed by atoms with Gasteiger partial charge in [-0.1, -0.05) is 48.0 Å². The van der Waals surface area contributed by atoms with Gasteiger partial charge in [-0.3, -0.25) is 10.2 Å². The van der Waals surface area contributed by atoms with E-state index in [2.05, 4.69) is 5.43 Å². The van der Waals surface area contributed by atoms with E-state index < -0.39 is 6.10 Å². The fourth-order valence-electron chi connectivity index (χ4n) is 1.80. The minimum Gasteiger partial charge on any atom is -0.481 e. The maximum absolute atomic E-state index is 11.3. The topological polar surface area (TPSA) is 64.3 Å². The number of amides is 1. The first kappa shape index (κ1) is 16.1. The lowest BCUT2D eigenvalue weighted by molar-refractivity contribution is -0.127. The Kier molecular flexibility index (Phi) is 5.58. The van der Waals surface area contributed by atoms with Crippen LogP contribution in [0.15, 0.2) is 48.5 Å². The van der Waals surface area contributed by atoms with Crippen LogP contribution < -0.4 is 16.0 Å². The number of carbonyl (C=O) groups excluding carboxylic acids is 1. The molecule has 1 atom stereocenters. The highest BCUT2D eigenvalue weighted by Crippen LogP contribution is 2.16. The molecule has 1 unspecified atom stereocenters. The molecular weight excluding hydrogens is 300 g/mol. The van der Waals surface area contributed by atoms with Crippen LogP contribution in [0.1, 0.15) is 18.1 Å². The van der Waals surface area contributed by atoms with Crippen molar-refractivity contribution in [2.24, 2.45) is 5.84 Å². The summed E-state index contributed by atoms with van der Waals surface area (Å²) < 4.78 is 5.47. The van der Waals surface area contributed by atoms with E-state index in [1.54, 1.807) is 6.92 Å². The van der Waals surface area contributed by atoms with E-state index in [0.29, 0.717) is 10.8 Å². The van der Waals surface area contributed by atoms with Gasteiger partial charge in [-0.2, -0.15) is 0 Å². The zero-order valence-corrected chi connectivity index (χ0v) is 12.9. The Bertz CT molecular complexity index is 651. The number of nitrogens with two attached hydrogens (primary N) is 1. The lowest BCUT2D eigenvalue weighted by Crippen LogP contribution is -2.40. The quantitative estimate of drug-likeness (QED) is 0.385. The van der Waals surface area contributed by atoms with Crippen molar-refractivity contribution in [3.63, 3.8) is 0 Å². The third-order valence-electron chi connectivity index (χ3n) is 3.04. The van der Waals surface area contributed by atoms with Crippen LogP contribution >= 0.6 is 11.6 Å². The highest BCUT2D eigenvalue weighted by atomic mass is 35.5. The van der Waals surface area contributed by atoms with Gasteiger partial charge in [-0.05, 0) is 42.3 Å². The van der Waals surface area contributed by atoms with Gasteiger partial charge in [0, 0.05) is 5.02 Å². The number of hydrazine groups is 1. The van der Waals surface area contributed by atoms with Crippen molar-refractivity contribution in [1.29, 1.82) is 0 Å². The van der Waals surface area contributed by atoms with Crippen molar-refractivity contribution in [2.75, 3.05) is 0 Å². The Morgan fingerprint density at radius 1 is 1.09 bits per heavy atom. The number of carbonyl (C=O) groups is 1. The Balaban J connectivity index is 1.99. The molecule has 0 heterocycles. The molecule has 2 aromatic rings. The molecule has 0 fully saturated rings. The molecule has 0 bridgehead atoms. The molecule has 22 heavy (non-hydrogen) atoms. The molecule has 0 aliphatic heterocycles. The molecule has 0 spiro atoms. The first-order chi connectivity index (χ1) is 10.6. The van der Waals surface area contributed by atoms with E-state index in [4.69, 9.17) is 22.2 Å². The molecule has 1 amide bonds. The van der Waals surface area contributed by atoms with Gasteiger partial charge in [0.1, 0.15) is 5.75 Å². The molecule has 5 heteroatoms. The van der Waals surface area contributed by atoms with Crippen molar-refractivity contribution in [2.45, 2.75) is 13.0 Å². The van der Waals surface area contributed by atoms with Crippen LogP contribution in [0.4, 0.5) is 0 Å². The number of nitrogens with one attached hydrogen (secondary N) is 1. The van der Waals surface area contributed by atoms with Gasteiger partial charge in [0.25, 0.3) is 5.91 Å². The van der Waals surface area contributed by atoms with Crippen molar-refractivity contribution < 1.29 is 9.53 Å². The summed E-state index contributed by atoms with van der Waals surface area (Å²) in [6.45, 7) is 1.64. The van der Waals surface area contributed by atoms with Gasteiger partial charge < -0.3 is 4.74 Å². The monoisotopic (exact) mass is 316 g/mol. The molecular formula is C17H17ClN2O2. The lowest BCUT2D eigenvalue weighted by Gasteiger charge is -2.12. The van der Waals surface area contributed by atoms with Gasteiger partial charge in [0.2, 0.25) is 0 Å². The largest absolute Gasteiger partial charge is 0.481 e. The molecule has 0 aliphatic rings. The van der Waals surface area contributed by atoms with E-state index >= 15 is 0 Å². The van der Waals surface area contributed by atoms with Gasteiger partial charge >= 0.3 is 0 Å². The molecule has 3 N–H and O–H groups in total. The second-order valence-electron chi connectivity index (χ2n) is 4.72. The maximum Gasteiger partial charge on any atom is 0.274 e. The van der Waals surface area contributed by atoms with Crippen LogP contribution in [0.2, 0.25) is 5.02 Å². The summed E-state index contributed by atoms with van der Waals surface area (Å²) in [5.41, 5.74) is 4.15. The highest BCUT2D eigenvalue weighted by Gasteiger charge is 2.12. The normalized spacial score (nSPS) is 12.1. The van der Waals surface area contributed by atoms with Crippen LogP contribution in [0.25, 0.3) is 12.2 Å². The molecule has 0 radical (unpaired) electrons. The first-order valence-corrected chi connectivity index (χ1v) is 7.17. The summed E-state index contributed by atoms with van der Waals surface area (Å²) in [4.78, 5) is 11.3. The second-order valence-corrected chi connectivity index (χ2v) is 5.16. The minimum absolute atomic E-state index is 0.369. The first-order valence-electron chi connectivity index (χ1n) is 6.79. The van der Waals surface area contributed by atoms with E-state index in [1.165, 1.54) is 0 Å². The summed E-state index contributed by atoms with van der Waals surface area (Å²) in [6.07, 6.45) is 3.35. The third-order valence-corrected chi connectivity index (χ3v) is 3.29. The summed E-state index contributed by atoms with van der Waals surface area (Å²) in [5.74, 6) is 5.30. The van der Waals surface area contributed by atoms with Crippen molar-refractivity contribution in [3.8, 4) is 5.75 Å². The molecule has 0 saturated heterocycles. The fraction of sp³-hybridized carbons (Fsp3) is 0.118. The van der Waals surface area contributed by atoms with E-state index in [1.807, 2.05) is 60.7 Å². The summed E-state index contributed by atoms with van der Waals surface area (Å²) >= 11 is 5.85. The van der Waals surface area contributed by atoms with E-state index in [0.717, 1.165) is 11.1 Å². The summed E-state index contributed by atoms with van der Waals surface area (Å²) in [5, 5.41) is 0.717. The predicted molar refractivity (Wildman–Crippen MR) is 89.2 cm³/mol. The van der Waals surface area contributed by atoms with Crippen molar-refractivity contribution >= 4 is 29.7 Å². The summed E-state index contributed by atoms with van der Waals surface area (Å²) in [7, 11) is 0. The molecule has 4 nitrogen and oxygen atoms in total. The minimum atomic E-state index is -0.638. The van der Waals surface area contributed by atoms with E-state index in [9.17, 15) is 4.79 Å². The Labute approximate surface area is 134 Å². The number of benzene rings is 2. The van der Waals surface area contributed by atoms with Crippen molar-refractivity contribution in [3.05, 3.63) is 64.7 Å². The molecule has 2 aromatic carbocycles. The standard InChI is InChI=1S/C17H17ClN2O2/c1-12(17(21)20-19)22-16-10-6-14(7-11-16)3-2-13-4-8-15(18)9-5-13/h2-12H,19H2,1H3,(H,20,21)/b3-2+. The van der Waals surface area contributed by atoms with Gasteiger partial charge in [-0.25, -0.2) is 5.84 Å². The van der Waals surface area contributed by atoms with Crippen LogP contribution in [0.5, 0.6) is 5.75 Å². The zero-order chi connectivity index (χ0) is 15.9. The zero-order valence-electron chi connectivity index (χ0n) is 12.1. The Hall–Kier alpha value is -2.30. The fourth-order valence-corrected chi connectivity index (χ4v) is 1.92. The SMILES string of the molecule is CC(Oc1ccc(/C=C/c2ccc(Cl)cc2)cc1)C(=O)NN. The van der Waals surface area contributed by atoms with Gasteiger partial charge in [-0.15, -0.1) is 0 Å². The molecule has 0 saturated carbocycles. The highest BCUT2D eigenvalue weighted by molar-refractivity contribution is 6.30. The Morgan fingerprint density at radius 2 is 1.59 bits per heavy atom. The second kappa shape index (κ2) is 7.64. The Morgan fingerprint density at radius 3 is 2.09 bits per heavy atom. The number of hydrogen-bond acceptors (Lipinski definition) is 3. The predicted octanol–water partition coefficient (Wildman–Crippen LogP) is 3.27.